The highest BCUT2D eigenvalue weighted by Gasteiger charge is 2.20. The van der Waals surface area contributed by atoms with Gasteiger partial charge in [-0.1, -0.05) is 35.9 Å². The van der Waals surface area contributed by atoms with Crippen molar-refractivity contribution in [1.82, 2.24) is 9.97 Å². The molecule has 1 N–H and O–H groups in total. The largest absolute Gasteiger partial charge is 0.350 e. The monoisotopic (exact) mass is 261 g/mol. The van der Waals surface area contributed by atoms with Crippen molar-refractivity contribution < 1.29 is 0 Å². The summed E-state index contributed by atoms with van der Waals surface area (Å²) in [5.74, 6) is 0.565. The Morgan fingerprint density at radius 1 is 1.28 bits per heavy atom. The number of nitrogens with one attached hydrogen (secondary N) is 1. The van der Waals surface area contributed by atoms with Gasteiger partial charge in [0, 0.05) is 13.1 Å². The van der Waals surface area contributed by atoms with Crippen LogP contribution in [0, 0.1) is 0 Å². The first-order chi connectivity index (χ1) is 8.75. The van der Waals surface area contributed by atoms with Gasteiger partial charge < -0.3 is 9.88 Å². The van der Waals surface area contributed by atoms with Crippen LogP contribution in [-0.4, -0.2) is 16.5 Å². The summed E-state index contributed by atoms with van der Waals surface area (Å²) >= 11 is 6.01. The number of rotatable bonds is 1. The lowest BCUT2D eigenvalue weighted by atomic mass is 10.00. The van der Waals surface area contributed by atoms with E-state index in [-0.39, 0.29) is 10.6 Å². The van der Waals surface area contributed by atoms with E-state index in [4.69, 9.17) is 11.6 Å². The Hall–Kier alpha value is -1.81. The lowest BCUT2D eigenvalue weighted by Gasteiger charge is -2.29. The summed E-state index contributed by atoms with van der Waals surface area (Å²) in [7, 11) is 0. The van der Waals surface area contributed by atoms with Gasteiger partial charge in [0.25, 0.3) is 5.56 Å². The molecule has 0 saturated heterocycles. The smallest absolute Gasteiger partial charge is 0.271 e. The fourth-order valence-electron chi connectivity index (χ4n) is 2.27. The Morgan fingerprint density at radius 3 is 2.89 bits per heavy atom. The minimum Gasteiger partial charge on any atom is -0.350 e. The van der Waals surface area contributed by atoms with Crippen LogP contribution in [0.15, 0.2) is 35.4 Å². The molecule has 1 aliphatic rings. The summed E-state index contributed by atoms with van der Waals surface area (Å²) in [6, 6.07) is 8.31. The molecule has 0 amide bonds. The highest BCUT2D eigenvalue weighted by Crippen LogP contribution is 2.25. The van der Waals surface area contributed by atoms with Gasteiger partial charge in [0.15, 0.2) is 5.82 Å². The van der Waals surface area contributed by atoms with Crippen LogP contribution >= 0.6 is 11.6 Å². The molecule has 2 aromatic rings. The number of fused-ring (bicyclic) bond motifs is 1. The van der Waals surface area contributed by atoms with Crippen molar-refractivity contribution in [2.45, 2.75) is 13.0 Å². The molecule has 4 nitrogen and oxygen atoms in total. The molecule has 1 aromatic heterocycles. The first kappa shape index (κ1) is 11.3. The zero-order chi connectivity index (χ0) is 12.5. The number of anilines is 1. The van der Waals surface area contributed by atoms with Gasteiger partial charge in [-0.3, -0.25) is 4.79 Å². The normalized spacial score (nSPS) is 14.4. The van der Waals surface area contributed by atoms with Crippen LogP contribution in [0.3, 0.4) is 0 Å². The molecule has 0 saturated carbocycles. The van der Waals surface area contributed by atoms with Crippen LogP contribution in [0.1, 0.15) is 11.1 Å². The van der Waals surface area contributed by atoms with E-state index in [2.05, 4.69) is 22.1 Å². The second-order valence-corrected chi connectivity index (χ2v) is 4.69. The standard InChI is InChI=1S/C13H12ClN3O/c14-11-12(15-8-16-13(11)18)17-6-5-9-3-1-2-4-10(9)7-17/h1-4,8H,5-7H2,(H,15,16,18). The Balaban J connectivity index is 1.97. The maximum Gasteiger partial charge on any atom is 0.271 e. The number of halogens is 1. The lowest BCUT2D eigenvalue weighted by Crippen LogP contribution is -2.32. The number of H-pyrrole nitrogens is 1. The highest BCUT2D eigenvalue weighted by molar-refractivity contribution is 6.32. The van der Waals surface area contributed by atoms with Crippen molar-refractivity contribution in [3.8, 4) is 0 Å². The molecule has 2 heterocycles. The summed E-state index contributed by atoms with van der Waals surface area (Å²) < 4.78 is 0. The zero-order valence-corrected chi connectivity index (χ0v) is 10.4. The van der Waals surface area contributed by atoms with Crippen LogP contribution in [0.2, 0.25) is 5.02 Å². The molecular formula is C13H12ClN3O. The molecule has 0 bridgehead atoms. The van der Waals surface area contributed by atoms with Crippen LogP contribution in [-0.2, 0) is 13.0 Å². The van der Waals surface area contributed by atoms with E-state index in [1.165, 1.54) is 17.5 Å². The molecule has 1 aliphatic heterocycles. The first-order valence-electron chi connectivity index (χ1n) is 5.80. The van der Waals surface area contributed by atoms with Crippen LogP contribution in [0.4, 0.5) is 5.82 Å². The zero-order valence-electron chi connectivity index (χ0n) is 9.69. The van der Waals surface area contributed by atoms with E-state index < -0.39 is 0 Å². The Bertz CT molecular complexity index is 638. The average molecular weight is 262 g/mol. The minimum absolute atomic E-state index is 0.164. The van der Waals surface area contributed by atoms with E-state index in [1.54, 1.807) is 0 Å². The quantitative estimate of drug-likeness (QED) is 0.854. The van der Waals surface area contributed by atoms with Gasteiger partial charge >= 0.3 is 0 Å². The van der Waals surface area contributed by atoms with Crippen molar-refractivity contribution in [2.24, 2.45) is 0 Å². The lowest BCUT2D eigenvalue weighted by molar-refractivity contribution is 0.718. The average Bonchev–Trinajstić information content (AvgIpc) is 2.41. The fourth-order valence-corrected chi connectivity index (χ4v) is 2.49. The molecule has 18 heavy (non-hydrogen) atoms. The molecule has 1 aromatic carbocycles. The predicted molar refractivity (Wildman–Crippen MR) is 71.1 cm³/mol. The van der Waals surface area contributed by atoms with E-state index in [0.29, 0.717) is 5.82 Å². The fraction of sp³-hybridized carbons (Fsp3) is 0.231. The number of aromatic nitrogens is 2. The van der Waals surface area contributed by atoms with E-state index in [9.17, 15) is 4.79 Å². The van der Waals surface area contributed by atoms with E-state index >= 15 is 0 Å². The number of aromatic amines is 1. The van der Waals surface area contributed by atoms with Gasteiger partial charge in [0.05, 0.1) is 6.33 Å². The van der Waals surface area contributed by atoms with Gasteiger partial charge in [0.2, 0.25) is 0 Å². The molecule has 0 unspecified atom stereocenters. The predicted octanol–water partition coefficient (Wildman–Crippen LogP) is 1.99. The van der Waals surface area contributed by atoms with Gasteiger partial charge in [-0.15, -0.1) is 0 Å². The molecule has 0 aliphatic carbocycles. The first-order valence-corrected chi connectivity index (χ1v) is 6.18. The second kappa shape index (κ2) is 4.46. The summed E-state index contributed by atoms with van der Waals surface area (Å²) in [4.78, 5) is 20.2. The Kier molecular flexibility index (Phi) is 2.80. The van der Waals surface area contributed by atoms with Gasteiger partial charge in [-0.2, -0.15) is 0 Å². The molecule has 0 fully saturated rings. The maximum atomic E-state index is 11.5. The summed E-state index contributed by atoms with van der Waals surface area (Å²) in [5.41, 5.74) is 2.33. The van der Waals surface area contributed by atoms with Gasteiger partial charge in [0.1, 0.15) is 5.02 Å². The van der Waals surface area contributed by atoms with Gasteiger partial charge in [-0.05, 0) is 17.5 Å². The molecule has 0 atom stereocenters. The van der Waals surface area contributed by atoms with Crippen LogP contribution < -0.4 is 10.5 Å². The van der Waals surface area contributed by atoms with Crippen molar-refractivity contribution in [1.29, 1.82) is 0 Å². The summed E-state index contributed by atoms with van der Waals surface area (Å²) in [6.07, 6.45) is 2.34. The SMILES string of the molecule is O=c1[nH]cnc(N2CCc3ccccc3C2)c1Cl. The van der Waals surface area contributed by atoms with Gasteiger partial charge in [-0.25, -0.2) is 4.98 Å². The van der Waals surface area contributed by atoms with Crippen molar-refractivity contribution >= 4 is 17.4 Å². The van der Waals surface area contributed by atoms with Crippen LogP contribution in [0.5, 0.6) is 0 Å². The highest BCUT2D eigenvalue weighted by atomic mass is 35.5. The summed E-state index contributed by atoms with van der Waals surface area (Å²) in [5, 5.41) is 0.164. The third kappa shape index (κ3) is 1.88. The van der Waals surface area contributed by atoms with E-state index in [0.717, 1.165) is 19.5 Å². The number of benzene rings is 1. The Labute approximate surface area is 109 Å². The number of nitrogens with zero attached hydrogens (tertiary/aromatic N) is 2. The summed E-state index contributed by atoms with van der Waals surface area (Å²) in [6.45, 7) is 1.57. The number of hydrogen-bond donors (Lipinski definition) is 1. The molecular weight excluding hydrogens is 250 g/mol. The number of hydrogen-bond acceptors (Lipinski definition) is 3. The molecule has 5 heteroatoms. The molecule has 3 rings (SSSR count). The third-order valence-electron chi connectivity index (χ3n) is 3.21. The van der Waals surface area contributed by atoms with Crippen molar-refractivity contribution in [2.75, 3.05) is 11.4 Å². The second-order valence-electron chi connectivity index (χ2n) is 4.31. The third-order valence-corrected chi connectivity index (χ3v) is 3.55. The van der Waals surface area contributed by atoms with Crippen LogP contribution in [0.25, 0.3) is 0 Å². The van der Waals surface area contributed by atoms with E-state index in [1.807, 2.05) is 17.0 Å². The Morgan fingerprint density at radius 2 is 2.06 bits per heavy atom. The molecule has 0 spiro atoms. The molecule has 92 valence electrons. The molecule has 0 radical (unpaired) electrons. The topological polar surface area (TPSA) is 49.0 Å². The van der Waals surface area contributed by atoms with Crippen molar-refractivity contribution in [3.63, 3.8) is 0 Å². The minimum atomic E-state index is -0.291. The maximum absolute atomic E-state index is 11.5. The van der Waals surface area contributed by atoms with Crippen molar-refractivity contribution in [3.05, 3.63) is 57.1 Å².